The van der Waals surface area contributed by atoms with Gasteiger partial charge in [-0.3, -0.25) is 5.10 Å². The van der Waals surface area contributed by atoms with Crippen molar-refractivity contribution in [3.8, 4) is 10.7 Å². The van der Waals surface area contributed by atoms with E-state index in [0.717, 1.165) is 26.6 Å². The average molecular weight is 216 g/mol. The van der Waals surface area contributed by atoms with E-state index >= 15 is 0 Å². The fraction of sp³-hybridized carbons (Fsp3) is 0. The summed E-state index contributed by atoms with van der Waals surface area (Å²) >= 11 is 1.61. The number of nitrogens with two attached hydrogens (primary N) is 1. The van der Waals surface area contributed by atoms with Gasteiger partial charge in [-0.1, -0.05) is 0 Å². The fourth-order valence-corrected chi connectivity index (χ4v) is 2.42. The van der Waals surface area contributed by atoms with Crippen LogP contribution in [0.3, 0.4) is 0 Å². The number of hydrogen-bond donors (Lipinski definition) is 2. The van der Waals surface area contributed by atoms with Crippen molar-refractivity contribution in [3.05, 3.63) is 30.5 Å². The van der Waals surface area contributed by atoms with Gasteiger partial charge in [-0.25, -0.2) is 4.98 Å². The Hall–Kier alpha value is -1.88. The van der Waals surface area contributed by atoms with Crippen molar-refractivity contribution >= 4 is 27.2 Å². The summed E-state index contributed by atoms with van der Waals surface area (Å²) in [5, 5.41) is 7.74. The number of nitrogens with one attached hydrogen (secondary N) is 1. The number of anilines is 1. The predicted octanol–water partition coefficient (Wildman–Crippen LogP) is 2.27. The molecule has 2 aromatic heterocycles. The molecular formula is C10H8N4S. The first-order valence-electron chi connectivity index (χ1n) is 4.49. The lowest BCUT2D eigenvalue weighted by molar-refractivity contribution is 1.09. The Morgan fingerprint density at radius 3 is 3.00 bits per heavy atom. The Morgan fingerprint density at radius 1 is 1.27 bits per heavy atom. The van der Waals surface area contributed by atoms with Gasteiger partial charge in [0.15, 0.2) is 0 Å². The second-order valence-electron chi connectivity index (χ2n) is 3.22. The number of nitrogens with zero attached hydrogens (tertiary/aromatic N) is 2. The molecule has 15 heavy (non-hydrogen) atoms. The minimum absolute atomic E-state index is 0.766. The normalized spacial score (nSPS) is 10.9. The summed E-state index contributed by atoms with van der Waals surface area (Å²) in [6.45, 7) is 0. The van der Waals surface area contributed by atoms with Crippen LogP contribution in [-0.2, 0) is 0 Å². The Bertz CT molecular complexity index is 597. The number of aromatic amines is 1. The second kappa shape index (κ2) is 3.06. The van der Waals surface area contributed by atoms with E-state index in [-0.39, 0.29) is 0 Å². The van der Waals surface area contributed by atoms with Crippen molar-refractivity contribution in [2.45, 2.75) is 0 Å². The highest BCUT2D eigenvalue weighted by atomic mass is 32.1. The molecule has 0 atom stereocenters. The van der Waals surface area contributed by atoms with Gasteiger partial charge in [0.25, 0.3) is 0 Å². The molecule has 0 bridgehead atoms. The molecule has 4 nitrogen and oxygen atoms in total. The maximum absolute atomic E-state index is 5.71. The van der Waals surface area contributed by atoms with E-state index in [2.05, 4.69) is 15.2 Å². The molecule has 0 spiro atoms. The number of H-pyrrole nitrogens is 1. The van der Waals surface area contributed by atoms with Crippen LogP contribution in [0.1, 0.15) is 0 Å². The van der Waals surface area contributed by atoms with Crippen LogP contribution >= 0.6 is 11.3 Å². The molecule has 0 aliphatic carbocycles. The number of nitrogen functional groups attached to an aromatic ring is 1. The van der Waals surface area contributed by atoms with Gasteiger partial charge in [0.05, 0.1) is 15.9 Å². The minimum Gasteiger partial charge on any atom is -0.399 e. The summed E-state index contributed by atoms with van der Waals surface area (Å²) in [5.74, 6) is 0. The molecule has 0 fully saturated rings. The summed E-state index contributed by atoms with van der Waals surface area (Å²) in [6, 6.07) is 7.63. The molecule has 1 aromatic carbocycles. The van der Waals surface area contributed by atoms with Crippen LogP contribution in [0.5, 0.6) is 0 Å². The third kappa shape index (κ3) is 1.37. The third-order valence-electron chi connectivity index (χ3n) is 2.14. The van der Waals surface area contributed by atoms with Gasteiger partial charge in [-0.05, 0) is 24.3 Å². The number of aromatic nitrogens is 3. The van der Waals surface area contributed by atoms with Gasteiger partial charge in [0.2, 0.25) is 0 Å². The van der Waals surface area contributed by atoms with Crippen LogP contribution < -0.4 is 5.73 Å². The molecule has 0 aliphatic heterocycles. The summed E-state index contributed by atoms with van der Waals surface area (Å²) in [6.07, 6.45) is 1.72. The maximum Gasteiger partial charge on any atom is 0.142 e. The first kappa shape index (κ1) is 8.43. The van der Waals surface area contributed by atoms with E-state index in [1.807, 2.05) is 24.3 Å². The van der Waals surface area contributed by atoms with E-state index in [4.69, 9.17) is 5.73 Å². The van der Waals surface area contributed by atoms with Gasteiger partial charge in [0.1, 0.15) is 5.01 Å². The smallest absolute Gasteiger partial charge is 0.142 e. The molecule has 2 heterocycles. The number of fused-ring (bicyclic) bond motifs is 1. The SMILES string of the molecule is Nc1ccc2nc(-c3ccn[nH]3)sc2c1. The minimum atomic E-state index is 0.766. The first-order chi connectivity index (χ1) is 7.33. The van der Waals surface area contributed by atoms with Crippen LogP contribution in [-0.4, -0.2) is 15.2 Å². The molecular weight excluding hydrogens is 208 g/mol. The molecule has 3 rings (SSSR count). The highest BCUT2D eigenvalue weighted by Gasteiger charge is 2.06. The van der Waals surface area contributed by atoms with E-state index in [0.29, 0.717) is 0 Å². The molecule has 0 saturated carbocycles. The van der Waals surface area contributed by atoms with Gasteiger partial charge in [0, 0.05) is 11.9 Å². The monoisotopic (exact) mass is 216 g/mol. The van der Waals surface area contributed by atoms with E-state index in [9.17, 15) is 0 Å². The zero-order valence-electron chi connectivity index (χ0n) is 7.77. The summed E-state index contributed by atoms with van der Waals surface area (Å²) in [7, 11) is 0. The van der Waals surface area contributed by atoms with E-state index < -0.39 is 0 Å². The average Bonchev–Trinajstić information content (AvgIpc) is 2.84. The lowest BCUT2D eigenvalue weighted by Gasteiger charge is -1.89. The molecule has 3 N–H and O–H groups in total. The van der Waals surface area contributed by atoms with Crippen molar-refractivity contribution in [2.75, 3.05) is 5.73 Å². The lowest BCUT2D eigenvalue weighted by atomic mass is 10.3. The fourth-order valence-electron chi connectivity index (χ4n) is 1.43. The highest BCUT2D eigenvalue weighted by molar-refractivity contribution is 7.21. The van der Waals surface area contributed by atoms with Crippen molar-refractivity contribution < 1.29 is 0 Å². The Balaban J connectivity index is 2.22. The number of hydrogen-bond acceptors (Lipinski definition) is 4. The van der Waals surface area contributed by atoms with Crippen molar-refractivity contribution in [3.63, 3.8) is 0 Å². The number of thiazole rings is 1. The zero-order chi connectivity index (χ0) is 10.3. The Morgan fingerprint density at radius 2 is 2.20 bits per heavy atom. The quantitative estimate of drug-likeness (QED) is 0.613. The van der Waals surface area contributed by atoms with Crippen LogP contribution in [0, 0.1) is 0 Å². The van der Waals surface area contributed by atoms with Crippen molar-refractivity contribution in [1.82, 2.24) is 15.2 Å². The molecule has 0 radical (unpaired) electrons. The summed E-state index contributed by atoms with van der Waals surface area (Å²) in [4.78, 5) is 4.49. The van der Waals surface area contributed by atoms with Crippen LogP contribution in [0.15, 0.2) is 30.5 Å². The molecule has 0 saturated heterocycles. The third-order valence-corrected chi connectivity index (χ3v) is 3.20. The molecule has 0 unspecified atom stereocenters. The van der Waals surface area contributed by atoms with E-state index in [1.54, 1.807) is 17.5 Å². The Labute approximate surface area is 89.8 Å². The van der Waals surface area contributed by atoms with Gasteiger partial charge >= 0.3 is 0 Å². The Kier molecular flexibility index (Phi) is 1.72. The van der Waals surface area contributed by atoms with Crippen LogP contribution in [0.2, 0.25) is 0 Å². The van der Waals surface area contributed by atoms with E-state index in [1.165, 1.54) is 0 Å². The molecule has 5 heteroatoms. The van der Waals surface area contributed by atoms with Gasteiger partial charge in [-0.15, -0.1) is 11.3 Å². The first-order valence-corrected chi connectivity index (χ1v) is 5.30. The largest absolute Gasteiger partial charge is 0.399 e. The zero-order valence-corrected chi connectivity index (χ0v) is 8.58. The molecule has 0 amide bonds. The van der Waals surface area contributed by atoms with Crippen molar-refractivity contribution in [1.29, 1.82) is 0 Å². The summed E-state index contributed by atoms with van der Waals surface area (Å²) < 4.78 is 1.10. The number of benzene rings is 1. The lowest BCUT2D eigenvalue weighted by Crippen LogP contribution is -1.81. The van der Waals surface area contributed by atoms with Gasteiger partial charge < -0.3 is 5.73 Å². The summed E-state index contributed by atoms with van der Waals surface area (Å²) in [5.41, 5.74) is 8.39. The van der Waals surface area contributed by atoms with Crippen LogP contribution in [0.25, 0.3) is 20.9 Å². The standard InChI is InChI=1S/C10H8N4S/c11-6-1-2-7-9(5-6)15-10(13-7)8-3-4-12-14-8/h1-5H,11H2,(H,12,14). The van der Waals surface area contributed by atoms with Gasteiger partial charge in [-0.2, -0.15) is 5.10 Å². The predicted molar refractivity (Wildman–Crippen MR) is 61.6 cm³/mol. The molecule has 0 aliphatic rings. The van der Waals surface area contributed by atoms with Crippen LogP contribution in [0.4, 0.5) is 5.69 Å². The highest BCUT2D eigenvalue weighted by Crippen LogP contribution is 2.29. The molecule has 74 valence electrons. The second-order valence-corrected chi connectivity index (χ2v) is 4.25. The number of rotatable bonds is 1. The maximum atomic E-state index is 5.71. The topological polar surface area (TPSA) is 67.6 Å². The molecule has 3 aromatic rings. The van der Waals surface area contributed by atoms with Crippen molar-refractivity contribution in [2.24, 2.45) is 0 Å².